The first-order valence-electron chi connectivity index (χ1n) is 4.33. The molecule has 16 heavy (non-hydrogen) atoms. The number of allylic oxidation sites excluding steroid dienone is 1. The second kappa shape index (κ2) is 4.52. The van der Waals surface area contributed by atoms with Crippen LogP contribution in [-0.2, 0) is 9.63 Å². The number of hydrogen-bond donors (Lipinski definition) is 1. The zero-order valence-electron chi connectivity index (χ0n) is 8.31. The van der Waals surface area contributed by atoms with E-state index in [2.05, 4.69) is 9.83 Å². The van der Waals surface area contributed by atoms with Crippen LogP contribution in [-0.4, -0.2) is 35.6 Å². The van der Waals surface area contributed by atoms with Gasteiger partial charge < -0.3 is 5.73 Å². The van der Waals surface area contributed by atoms with Crippen LogP contribution in [0.4, 0.5) is 13.2 Å². The maximum atomic E-state index is 12.2. The van der Waals surface area contributed by atoms with Crippen LogP contribution in [0.2, 0.25) is 0 Å². The maximum Gasteiger partial charge on any atom is 0.416 e. The zero-order valence-corrected chi connectivity index (χ0v) is 8.31. The number of alkyl halides is 3. The van der Waals surface area contributed by atoms with E-state index >= 15 is 0 Å². The molecule has 0 aromatic heterocycles. The zero-order chi connectivity index (χ0) is 12.3. The Labute approximate surface area is 89.3 Å². The Morgan fingerprint density at radius 3 is 2.75 bits per heavy atom. The smallest absolute Gasteiger partial charge is 0.366 e. The fourth-order valence-corrected chi connectivity index (χ4v) is 0.936. The monoisotopic (exact) mass is 237 g/mol. The van der Waals surface area contributed by atoms with Crippen molar-refractivity contribution in [2.45, 2.75) is 25.4 Å². The van der Waals surface area contributed by atoms with Crippen molar-refractivity contribution in [1.29, 1.82) is 0 Å². The molecule has 8 heteroatoms. The van der Waals surface area contributed by atoms with Gasteiger partial charge in [0.25, 0.3) is 5.91 Å². The van der Waals surface area contributed by atoms with Crippen LogP contribution in [0.1, 0.15) is 6.92 Å². The van der Waals surface area contributed by atoms with Crippen LogP contribution >= 0.6 is 0 Å². The van der Waals surface area contributed by atoms with E-state index in [9.17, 15) is 18.0 Å². The highest BCUT2D eigenvalue weighted by Gasteiger charge is 2.40. The fraction of sp³-hybridized carbons (Fsp3) is 0.500. The summed E-state index contributed by atoms with van der Waals surface area (Å²) in [4.78, 5) is 19.0. The number of hydroxylamine groups is 2. The molecular formula is C8H10F3N3O2. The van der Waals surface area contributed by atoms with E-state index in [-0.39, 0.29) is 0 Å². The maximum absolute atomic E-state index is 12.2. The molecule has 0 aromatic rings. The lowest BCUT2D eigenvalue weighted by Crippen LogP contribution is -2.45. The molecule has 1 heterocycles. The number of carbonyl (C=O) groups excluding carboxylic acids is 1. The van der Waals surface area contributed by atoms with Gasteiger partial charge in [0.2, 0.25) is 6.17 Å². The Bertz CT molecular complexity index is 327. The van der Waals surface area contributed by atoms with Gasteiger partial charge in [0.05, 0.1) is 0 Å². The number of rotatable bonds is 3. The van der Waals surface area contributed by atoms with Crippen molar-refractivity contribution in [3.05, 3.63) is 12.3 Å². The van der Waals surface area contributed by atoms with Crippen molar-refractivity contribution in [2.75, 3.05) is 0 Å². The van der Waals surface area contributed by atoms with Gasteiger partial charge in [0.1, 0.15) is 0 Å². The summed E-state index contributed by atoms with van der Waals surface area (Å²) < 4.78 is 36.6. The van der Waals surface area contributed by atoms with Crippen LogP contribution in [0.15, 0.2) is 17.3 Å². The average molecular weight is 237 g/mol. The van der Waals surface area contributed by atoms with Gasteiger partial charge in [0, 0.05) is 12.4 Å². The number of primary amides is 1. The highest BCUT2D eigenvalue weighted by atomic mass is 19.4. The van der Waals surface area contributed by atoms with Gasteiger partial charge >= 0.3 is 6.18 Å². The van der Waals surface area contributed by atoms with Crippen molar-refractivity contribution in [2.24, 2.45) is 10.7 Å². The number of carbonyl (C=O) groups is 1. The van der Waals surface area contributed by atoms with Gasteiger partial charge in [-0.2, -0.15) is 13.2 Å². The van der Waals surface area contributed by atoms with Gasteiger partial charge in [0.15, 0.2) is 6.10 Å². The normalized spacial score (nSPS) is 22.2. The largest absolute Gasteiger partial charge is 0.416 e. The Kier molecular flexibility index (Phi) is 3.53. The van der Waals surface area contributed by atoms with Gasteiger partial charge in [-0.25, -0.2) is 5.06 Å². The molecule has 2 unspecified atom stereocenters. The Morgan fingerprint density at radius 1 is 1.62 bits per heavy atom. The van der Waals surface area contributed by atoms with E-state index in [0.29, 0.717) is 5.06 Å². The number of hydrogen-bond acceptors (Lipinski definition) is 4. The lowest BCUT2D eigenvalue weighted by Gasteiger charge is -2.29. The Balaban J connectivity index is 2.69. The molecule has 0 spiro atoms. The Morgan fingerprint density at radius 2 is 2.25 bits per heavy atom. The number of aliphatic imine (C=N–C) groups is 1. The highest BCUT2D eigenvalue weighted by Crippen LogP contribution is 2.24. The molecule has 0 bridgehead atoms. The van der Waals surface area contributed by atoms with Crippen LogP contribution in [0.25, 0.3) is 0 Å². The highest BCUT2D eigenvalue weighted by molar-refractivity contribution is 5.84. The third-order valence-electron chi connectivity index (χ3n) is 1.78. The van der Waals surface area contributed by atoms with Crippen molar-refractivity contribution in [3.8, 4) is 0 Å². The molecule has 0 aromatic carbocycles. The van der Waals surface area contributed by atoms with E-state index in [1.807, 2.05) is 0 Å². The minimum atomic E-state index is -4.52. The third kappa shape index (κ3) is 2.96. The van der Waals surface area contributed by atoms with Crippen LogP contribution in [0.5, 0.6) is 0 Å². The van der Waals surface area contributed by atoms with E-state index in [0.717, 1.165) is 13.1 Å². The number of amides is 1. The summed E-state index contributed by atoms with van der Waals surface area (Å²) in [6, 6.07) is 0. The molecule has 1 amide bonds. The second-order valence-corrected chi connectivity index (χ2v) is 3.06. The molecule has 0 aliphatic carbocycles. The van der Waals surface area contributed by atoms with E-state index in [1.54, 1.807) is 0 Å². The first-order valence-corrected chi connectivity index (χ1v) is 4.33. The van der Waals surface area contributed by atoms with Crippen LogP contribution < -0.4 is 5.73 Å². The van der Waals surface area contributed by atoms with Gasteiger partial charge in [-0.3, -0.25) is 14.6 Å². The fourth-order valence-electron chi connectivity index (χ4n) is 0.936. The topological polar surface area (TPSA) is 67.9 Å². The third-order valence-corrected chi connectivity index (χ3v) is 1.78. The predicted molar refractivity (Wildman–Crippen MR) is 49.1 cm³/mol. The molecule has 2 atom stereocenters. The number of nitrogens with two attached hydrogens (primary N) is 1. The molecule has 0 saturated heterocycles. The molecule has 5 nitrogen and oxygen atoms in total. The first-order chi connectivity index (χ1) is 7.32. The van der Waals surface area contributed by atoms with Crippen LogP contribution in [0.3, 0.4) is 0 Å². The van der Waals surface area contributed by atoms with Gasteiger partial charge in [-0.15, -0.1) is 0 Å². The first kappa shape index (κ1) is 12.5. The molecule has 0 radical (unpaired) electrons. The summed E-state index contributed by atoms with van der Waals surface area (Å²) in [7, 11) is 0. The van der Waals surface area contributed by atoms with Crippen molar-refractivity contribution >= 4 is 12.1 Å². The van der Waals surface area contributed by atoms with Gasteiger partial charge in [-0.05, 0) is 13.0 Å². The van der Waals surface area contributed by atoms with Gasteiger partial charge in [-0.1, -0.05) is 0 Å². The van der Waals surface area contributed by atoms with Crippen molar-refractivity contribution in [3.63, 3.8) is 0 Å². The molecule has 1 aliphatic rings. The summed E-state index contributed by atoms with van der Waals surface area (Å²) in [6.45, 7) is 0.824. The molecule has 0 fully saturated rings. The van der Waals surface area contributed by atoms with Crippen molar-refractivity contribution < 1.29 is 22.8 Å². The molecule has 90 valence electrons. The quantitative estimate of drug-likeness (QED) is 0.780. The molecule has 1 rings (SSSR count). The molecule has 0 saturated carbocycles. The summed E-state index contributed by atoms with van der Waals surface area (Å²) in [5.74, 6) is -0.894. The summed E-state index contributed by atoms with van der Waals surface area (Å²) in [6.07, 6.45) is -4.08. The standard InChI is InChI=1S/C8H10F3N3O2/c1-5(8(9,10)11)16-14-4-2-3-13-7(14)6(12)15/h2-5,7H,1H3,(H2,12,15). The Hall–Kier alpha value is -1.57. The predicted octanol–water partition coefficient (Wildman–Crippen LogP) is 0.580. The van der Waals surface area contributed by atoms with E-state index < -0.39 is 24.4 Å². The SMILES string of the molecule is CC(ON1C=CC=NC1C(N)=O)C(F)(F)F. The number of nitrogens with zero attached hydrogens (tertiary/aromatic N) is 2. The minimum Gasteiger partial charge on any atom is -0.366 e. The number of halogens is 3. The summed E-state index contributed by atoms with van der Waals surface area (Å²) in [5, 5.41) is 0.681. The van der Waals surface area contributed by atoms with E-state index in [1.165, 1.54) is 12.3 Å². The van der Waals surface area contributed by atoms with E-state index in [4.69, 9.17) is 5.73 Å². The van der Waals surface area contributed by atoms with Crippen molar-refractivity contribution in [1.82, 2.24) is 5.06 Å². The summed E-state index contributed by atoms with van der Waals surface area (Å²) >= 11 is 0. The molecule has 1 aliphatic heterocycles. The molecule has 2 N–H and O–H groups in total. The minimum absolute atomic E-state index is 0.681. The lowest BCUT2D eigenvalue weighted by atomic mass is 10.4. The summed E-state index contributed by atoms with van der Waals surface area (Å²) in [5.41, 5.74) is 4.95. The lowest BCUT2D eigenvalue weighted by molar-refractivity contribution is -0.285. The second-order valence-electron chi connectivity index (χ2n) is 3.06. The van der Waals surface area contributed by atoms with Crippen LogP contribution in [0, 0.1) is 0 Å². The average Bonchev–Trinajstić information content (AvgIpc) is 2.16. The molecular weight excluding hydrogens is 227 g/mol.